The lowest BCUT2D eigenvalue weighted by molar-refractivity contribution is 0.340. The summed E-state index contributed by atoms with van der Waals surface area (Å²) in [6.07, 6.45) is 1.58. The predicted molar refractivity (Wildman–Crippen MR) is 66.0 cm³/mol. The molecule has 0 aliphatic heterocycles. The molecule has 0 bridgehead atoms. The number of nitrogens with one attached hydrogen (secondary N) is 1. The fourth-order valence-electron chi connectivity index (χ4n) is 1.41. The smallest absolute Gasteiger partial charge is 0.183 e. The van der Waals surface area contributed by atoms with E-state index in [0.29, 0.717) is 18.2 Å². The Hall–Kier alpha value is -2.17. The SMILES string of the molecule is CCOc1ccc(-c2nncc(NC)n2)cc1. The van der Waals surface area contributed by atoms with E-state index < -0.39 is 0 Å². The van der Waals surface area contributed by atoms with Crippen LogP contribution in [0, 0.1) is 0 Å². The lowest BCUT2D eigenvalue weighted by Crippen LogP contribution is -1.98. The first-order valence-corrected chi connectivity index (χ1v) is 5.44. The van der Waals surface area contributed by atoms with Crippen LogP contribution in [0.15, 0.2) is 30.5 Å². The van der Waals surface area contributed by atoms with Gasteiger partial charge in [0.05, 0.1) is 12.8 Å². The van der Waals surface area contributed by atoms with Crippen LogP contribution < -0.4 is 10.1 Å². The van der Waals surface area contributed by atoms with Gasteiger partial charge in [-0.1, -0.05) is 0 Å². The number of hydrogen-bond donors (Lipinski definition) is 1. The lowest BCUT2D eigenvalue weighted by Gasteiger charge is -2.04. The van der Waals surface area contributed by atoms with Gasteiger partial charge in [-0.05, 0) is 31.2 Å². The van der Waals surface area contributed by atoms with Crippen LogP contribution >= 0.6 is 0 Å². The van der Waals surface area contributed by atoms with Crippen LogP contribution in [0.2, 0.25) is 0 Å². The number of nitrogens with zero attached hydrogens (tertiary/aromatic N) is 3. The van der Waals surface area contributed by atoms with Crippen LogP contribution in [0.4, 0.5) is 5.82 Å². The molecular weight excluding hydrogens is 216 g/mol. The second-order valence-corrected chi connectivity index (χ2v) is 3.37. The summed E-state index contributed by atoms with van der Waals surface area (Å²) < 4.78 is 5.37. The third-order valence-corrected chi connectivity index (χ3v) is 2.24. The van der Waals surface area contributed by atoms with Crippen molar-refractivity contribution in [2.24, 2.45) is 0 Å². The molecule has 0 amide bonds. The maximum absolute atomic E-state index is 5.37. The summed E-state index contributed by atoms with van der Waals surface area (Å²) >= 11 is 0. The largest absolute Gasteiger partial charge is 0.494 e. The number of benzene rings is 1. The van der Waals surface area contributed by atoms with Gasteiger partial charge in [0.1, 0.15) is 11.6 Å². The van der Waals surface area contributed by atoms with Gasteiger partial charge in [0.25, 0.3) is 0 Å². The van der Waals surface area contributed by atoms with Crippen LogP contribution in [0.1, 0.15) is 6.92 Å². The summed E-state index contributed by atoms with van der Waals surface area (Å²) in [7, 11) is 1.80. The molecule has 5 heteroatoms. The quantitative estimate of drug-likeness (QED) is 0.870. The Morgan fingerprint density at radius 2 is 2.00 bits per heavy atom. The molecule has 0 atom stereocenters. The monoisotopic (exact) mass is 230 g/mol. The van der Waals surface area contributed by atoms with Gasteiger partial charge in [0.15, 0.2) is 5.82 Å². The van der Waals surface area contributed by atoms with Crippen LogP contribution in [0.3, 0.4) is 0 Å². The number of hydrogen-bond acceptors (Lipinski definition) is 5. The summed E-state index contributed by atoms with van der Waals surface area (Å²) in [4.78, 5) is 4.31. The Bertz CT molecular complexity index is 484. The van der Waals surface area contributed by atoms with Crippen LogP contribution in [0.5, 0.6) is 5.75 Å². The average Bonchev–Trinajstić information content (AvgIpc) is 2.40. The maximum atomic E-state index is 5.37. The van der Waals surface area contributed by atoms with Crippen molar-refractivity contribution < 1.29 is 4.74 Å². The number of aromatic nitrogens is 3. The summed E-state index contributed by atoms with van der Waals surface area (Å²) in [6, 6.07) is 7.63. The topological polar surface area (TPSA) is 59.9 Å². The highest BCUT2D eigenvalue weighted by Gasteiger charge is 2.03. The molecule has 0 unspecified atom stereocenters. The van der Waals surface area contributed by atoms with Crippen molar-refractivity contribution in [2.45, 2.75) is 6.92 Å². The van der Waals surface area contributed by atoms with E-state index in [1.165, 1.54) is 0 Å². The highest BCUT2D eigenvalue weighted by molar-refractivity contribution is 5.57. The molecule has 2 rings (SSSR count). The summed E-state index contributed by atoms with van der Waals surface area (Å²) in [6.45, 7) is 2.62. The highest BCUT2D eigenvalue weighted by Crippen LogP contribution is 2.19. The molecule has 0 spiro atoms. The Kier molecular flexibility index (Phi) is 3.49. The van der Waals surface area contributed by atoms with Gasteiger partial charge in [-0.2, -0.15) is 5.10 Å². The molecule has 5 nitrogen and oxygen atoms in total. The number of rotatable bonds is 4. The molecule has 0 saturated carbocycles. The van der Waals surface area contributed by atoms with E-state index >= 15 is 0 Å². The Morgan fingerprint density at radius 1 is 1.24 bits per heavy atom. The molecule has 1 aromatic heterocycles. The zero-order chi connectivity index (χ0) is 12.1. The predicted octanol–water partition coefficient (Wildman–Crippen LogP) is 1.98. The first-order chi connectivity index (χ1) is 8.33. The van der Waals surface area contributed by atoms with Gasteiger partial charge in [-0.15, -0.1) is 5.10 Å². The Labute approximate surface area is 99.9 Å². The Balaban J connectivity index is 2.26. The minimum absolute atomic E-state index is 0.597. The molecule has 88 valence electrons. The first-order valence-electron chi connectivity index (χ1n) is 5.44. The van der Waals surface area contributed by atoms with Gasteiger partial charge >= 0.3 is 0 Å². The van der Waals surface area contributed by atoms with Crippen molar-refractivity contribution in [2.75, 3.05) is 19.0 Å². The van der Waals surface area contributed by atoms with Gasteiger partial charge in [0, 0.05) is 12.6 Å². The van der Waals surface area contributed by atoms with Gasteiger partial charge in [-0.25, -0.2) is 4.98 Å². The van der Waals surface area contributed by atoms with Gasteiger partial charge in [-0.3, -0.25) is 0 Å². The molecule has 2 aromatic rings. The molecule has 1 N–H and O–H groups in total. The molecule has 1 heterocycles. The van der Waals surface area contributed by atoms with Crippen molar-refractivity contribution in [1.82, 2.24) is 15.2 Å². The number of ether oxygens (including phenoxy) is 1. The van der Waals surface area contributed by atoms with Crippen LogP contribution in [-0.4, -0.2) is 28.8 Å². The second kappa shape index (κ2) is 5.25. The fraction of sp³-hybridized carbons (Fsp3) is 0.250. The van der Waals surface area contributed by atoms with Gasteiger partial charge < -0.3 is 10.1 Å². The van der Waals surface area contributed by atoms with E-state index in [1.807, 2.05) is 31.2 Å². The summed E-state index contributed by atoms with van der Waals surface area (Å²) in [5, 5.41) is 10.8. The standard InChI is InChI=1S/C12H14N4O/c1-3-17-10-6-4-9(5-7-10)12-15-11(13-2)8-14-16-12/h4-8H,3H2,1-2H3,(H,13,15,16). The summed E-state index contributed by atoms with van der Waals surface area (Å²) in [5.74, 6) is 2.14. The van der Waals surface area contributed by atoms with Crippen molar-refractivity contribution in [3.63, 3.8) is 0 Å². The van der Waals surface area contributed by atoms with E-state index in [-0.39, 0.29) is 0 Å². The first kappa shape index (κ1) is 11.3. The fourth-order valence-corrected chi connectivity index (χ4v) is 1.41. The highest BCUT2D eigenvalue weighted by atomic mass is 16.5. The normalized spacial score (nSPS) is 10.0. The molecule has 0 saturated heterocycles. The average molecular weight is 230 g/mol. The van der Waals surface area contributed by atoms with Crippen molar-refractivity contribution in [1.29, 1.82) is 0 Å². The van der Waals surface area contributed by atoms with E-state index in [2.05, 4.69) is 20.5 Å². The minimum Gasteiger partial charge on any atom is -0.494 e. The van der Waals surface area contributed by atoms with E-state index in [1.54, 1.807) is 13.2 Å². The molecule has 17 heavy (non-hydrogen) atoms. The van der Waals surface area contributed by atoms with Crippen molar-refractivity contribution >= 4 is 5.82 Å². The van der Waals surface area contributed by atoms with E-state index in [4.69, 9.17) is 4.74 Å². The molecule has 0 aliphatic carbocycles. The molecular formula is C12H14N4O. The third kappa shape index (κ3) is 2.69. The Morgan fingerprint density at radius 3 is 2.65 bits per heavy atom. The number of anilines is 1. The van der Waals surface area contributed by atoms with Crippen molar-refractivity contribution in [3.05, 3.63) is 30.5 Å². The molecule has 0 radical (unpaired) electrons. The zero-order valence-electron chi connectivity index (χ0n) is 9.84. The summed E-state index contributed by atoms with van der Waals surface area (Å²) in [5.41, 5.74) is 0.915. The van der Waals surface area contributed by atoms with E-state index in [9.17, 15) is 0 Å². The van der Waals surface area contributed by atoms with E-state index in [0.717, 1.165) is 11.3 Å². The van der Waals surface area contributed by atoms with Crippen molar-refractivity contribution in [3.8, 4) is 17.1 Å². The van der Waals surface area contributed by atoms with Crippen LogP contribution in [-0.2, 0) is 0 Å². The molecule has 0 fully saturated rings. The van der Waals surface area contributed by atoms with Gasteiger partial charge in [0.2, 0.25) is 0 Å². The zero-order valence-corrected chi connectivity index (χ0v) is 9.84. The minimum atomic E-state index is 0.597. The van der Waals surface area contributed by atoms with Crippen LogP contribution in [0.25, 0.3) is 11.4 Å². The lowest BCUT2D eigenvalue weighted by atomic mass is 10.2. The maximum Gasteiger partial charge on any atom is 0.183 e. The second-order valence-electron chi connectivity index (χ2n) is 3.37. The molecule has 0 aliphatic rings. The molecule has 1 aromatic carbocycles. The third-order valence-electron chi connectivity index (χ3n) is 2.24.